The quantitative estimate of drug-likeness (QED) is 0.354. The molecule has 0 aliphatic carbocycles. The first-order valence-electron chi connectivity index (χ1n) is 11.6. The van der Waals surface area contributed by atoms with Gasteiger partial charge in [0, 0.05) is 11.8 Å². The Hall–Kier alpha value is -1.59. The van der Waals surface area contributed by atoms with Crippen molar-refractivity contribution in [3.8, 4) is 5.75 Å². The summed E-state index contributed by atoms with van der Waals surface area (Å²) in [5, 5.41) is 30.3. The highest BCUT2D eigenvalue weighted by atomic mass is 16.5. The molecule has 0 aromatic heterocycles. The molecular weight excluding hydrogens is 404 g/mol. The molecule has 0 bridgehead atoms. The predicted molar refractivity (Wildman–Crippen MR) is 130 cm³/mol. The fraction of sp³-hybridized carbons (Fsp3) is 0.741. The van der Waals surface area contributed by atoms with Crippen molar-refractivity contribution in [3.63, 3.8) is 0 Å². The van der Waals surface area contributed by atoms with Gasteiger partial charge in [-0.15, -0.1) is 0 Å². The maximum atomic E-state index is 12.6. The Balaban J connectivity index is 2.93. The van der Waals surface area contributed by atoms with E-state index in [1.165, 1.54) is 0 Å². The Morgan fingerprint density at radius 1 is 0.906 bits per heavy atom. The number of rotatable bonds is 8. The Labute approximate surface area is 195 Å². The highest BCUT2D eigenvalue weighted by Crippen LogP contribution is 2.44. The fourth-order valence-corrected chi connectivity index (χ4v) is 3.88. The molecule has 0 radical (unpaired) electrons. The lowest BCUT2D eigenvalue weighted by atomic mass is 9.65. The zero-order valence-electron chi connectivity index (χ0n) is 22.1. The van der Waals surface area contributed by atoms with Crippen molar-refractivity contribution in [3.05, 3.63) is 28.8 Å². The summed E-state index contributed by atoms with van der Waals surface area (Å²) < 4.78 is 5.65. The second-order valence-corrected chi connectivity index (χ2v) is 12.5. The Morgan fingerprint density at radius 2 is 1.34 bits per heavy atom. The summed E-state index contributed by atoms with van der Waals surface area (Å²) in [5.41, 5.74) is 1.15. The lowest BCUT2D eigenvalue weighted by Crippen LogP contribution is -2.44. The number of aliphatic hydroxyl groups is 2. The number of carbonyl (C=O) groups is 1. The molecule has 0 spiro atoms. The van der Waals surface area contributed by atoms with Gasteiger partial charge in [-0.05, 0) is 52.7 Å². The van der Waals surface area contributed by atoms with Crippen LogP contribution < -0.4 is 0 Å². The molecule has 5 nitrogen and oxygen atoms in total. The van der Waals surface area contributed by atoms with Gasteiger partial charge in [-0.2, -0.15) is 0 Å². The van der Waals surface area contributed by atoms with Gasteiger partial charge in [-0.3, -0.25) is 4.79 Å². The molecular formula is C27H46O5. The third-order valence-corrected chi connectivity index (χ3v) is 6.92. The van der Waals surface area contributed by atoms with E-state index in [2.05, 4.69) is 41.5 Å². The van der Waals surface area contributed by atoms with E-state index < -0.39 is 17.1 Å². The van der Waals surface area contributed by atoms with Gasteiger partial charge >= 0.3 is 5.97 Å². The van der Waals surface area contributed by atoms with Crippen LogP contribution in [-0.2, 0) is 26.8 Å². The van der Waals surface area contributed by atoms with Crippen LogP contribution in [0.3, 0.4) is 0 Å². The Bertz CT molecular complexity index is 756. The minimum absolute atomic E-state index is 0.217. The zero-order chi connectivity index (χ0) is 25.3. The van der Waals surface area contributed by atoms with Gasteiger partial charge in [-0.25, -0.2) is 0 Å². The summed E-state index contributed by atoms with van der Waals surface area (Å²) in [5.74, 6) is 0.0548. The number of hydrogen-bond donors (Lipinski definition) is 3. The van der Waals surface area contributed by atoms with Gasteiger partial charge < -0.3 is 20.1 Å². The van der Waals surface area contributed by atoms with E-state index >= 15 is 0 Å². The molecule has 3 N–H and O–H groups in total. The number of ether oxygens (including phenoxy) is 1. The summed E-state index contributed by atoms with van der Waals surface area (Å²) >= 11 is 0. The van der Waals surface area contributed by atoms with Gasteiger partial charge in [0.25, 0.3) is 0 Å². The summed E-state index contributed by atoms with van der Waals surface area (Å²) in [6.45, 7) is 21.8. The van der Waals surface area contributed by atoms with E-state index in [4.69, 9.17) is 4.74 Å². The first kappa shape index (κ1) is 28.4. The molecule has 0 aliphatic rings. The van der Waals surface area contributed by atoms with Crippen LogP contribution in [0.15, 0.2) is 12.1 Å². The number of phenolic OH excluding ortho intramolecular Hbond substituents is 1. The number of hydrogen-bond acceptors (Lipinski definition) is 5. The van der Waals surface area contributed by atoms with Gasteiger partial charge in [0.1, 0.15) is 5.75 Å². The minimum atomic E-state index is -1.45. The van der Waals surface area contributed by atoms with Crippen LogP contribution in [0.1, 0.15) is 106 Å². The van der Waals surface area contributed by atoms with Crippen LogP contribution in [0.25, 0.3) is 0 Å². The molecule has 1 rings (SSSR count). The fourth-order valence-electron chi connectivity index (χ4n) is 3.88. The van der Waals surface area contributed by atoms with Crippen LogP contribution in [-0.4, -0.2) is 33.7 Å². The predicted octanol–water partition coefficient (Wildman–Crippen LogP) is 5.60. The number of aliphatic hydroxyl groups excluding tert-OH is 1. The van der Waals surface area contributed by atoms with Gasteiger partial charge in [0.05, 0.1) is 6.10 Å². The topological polar surface area (TPSA) is 87.0 Å². The zero-order valence-corrected chi connectivity index (χ0v) is 22.1. The number of aromatic hydroxyl groups is 1. The van der Waals surface area contributed by atoms with Crippen LogP contribution in [0.5, 0.6) is 5.75 Å². The van der Waals surface area contributed by atoms with Crippen molar-refractivity contribution < 1.29 is 24.9 Å². The summed E-state index contributed by atoms with van der Waals surface area (Å²) in [4.78, 5) is 12.6. The van der Waals surface area contributed by atoms with Crippen LogP contribution in [0.2, 0.25) is 0 Å². The smallest absolute Gasteiger partial charge is 0.306 e. The van der Waals surface area contributed by atoms with Crippen molar-refractivity contribution in [2.45, 2.75) is 119 Å². The molecule has 1 unspecified atom stereocenters. The van der Waals surface area contributed by atoms with Gasteiger partial charge in [0.15, 0.2) is 6.29 Å². The van der Waals surface area contributed by atoms with Crippen molar-refractivity contribution in [2.75, 3.05) is 0 Å². The van der Waals surface area contributed by atoms with E-state index in [0.717, 1.165) is 16.7 Å². The van der Waals surface area contributed by atoms with E-state index in [1.807, 2.05) is 32.9 Å². The molecule has 0 amide bonds. The first-order chi connectivity index (χ1) is 14.2. The highest BCUT2D eigenvalue weighted by Gasteiger charge is 2.43. The molecule has 32 heavy (non-hydrogen) atoms. The molecule has 0 saturated carbocycles. The number of benzene rings is 1. The molecule has 0 fully saturated rings. The van der Waals surface area contributed by atoms with E-state index in [9.17, 15) is 20.1 Å². The van der Waals surface area contributed by atoms with Gasteiger partial charge in [0.2, 0.25) is 0 Å². The molecule has 5 heteroatoms. The second-order valence-electron chi connectivity index (χ2n) is 12.5. The van der Waals surface area contributed by atoms with E-state index in [-0.39, 0.29) is 29.3 Å². The number of aryl methyl sites for hydroxylation is 1. The molecule has 184 valence electrons. The van der Waals surface area contributed by atoms with Crippen molar-refractivity contribution in [2.24, 2.45) is 10.8 Å². The lowest BCUT2D eigenvalue weighted by Gasteiger charge is -2.44. The van der Waals surface area contributed by atoms with Gasteiger partial charge in [-0.1, -0.05) is 81.4 Å². The third kappa shape index (κ3) is 6.95. The highest BCUT2D eigenvalue weighted by molar-refractivity contribution is 5.70. The monoisotopic (exact) mass is 450 g/mol. The van der Waals surface area contributed by atoms with Crippen LogP contribution >= 0.6 is 0 Å². The summed E-state index contributed by atoms with van der Waals surface area (Å²) in [6, 6.07) is 3.99. The molecule has 1 atom stereocenters. The molecule has 0 saturated heterocycles. The number of phenols is 1. The second kappa shape index (κ2) is 9.72. The first-order valence-corrected chi connectivity index (χ1v) is 11.6. The van der Waals surface area contributed by atoms with Crippen LogP contribution in [0.4, 0.5) is 0 Å². The number of carbonyl (C=O) groups excluding carboxylic acids is 1. The molecule has 0 aliphatic heterocycles. The maximum Gasteiger partial charge on any atom is 0.306 e. The SMILES string of the molecule is CC(CC(C)(C)C(C)(C)C(O)O)OC(=O)CCc1cc(C(C)(C)C)c(O)c(C(C)(C)C)c1. The van der Waals surface area contributed by atoms with Crippen molar-refractivity contribution in [1.82, 2.24) is 0 Å². The third-order valence-electron chi connectivity index (χ3n) is 6.92. The van der Waals surface area contributed by atoms with Crippen molar-refractivity contribution >= 4 is 5.97 Å². The Kier molecular flexibility index (Phi) is 8.64. The molecule has 0 heterocycles. The lowest BCUT2D eigenvalue weighted by molar-refractivity contribution is -0.174. The van der Waals surface area contributed by atoms with E-state index in [1.54, 1.807) is 13.8 Å². The minimum Gasteiger partial charge on any atom is -0.507 e. The Morgan fingerprint density at radius 3 is 1.72 bits per heavy atom. The summed E-state index contributed by atoms with van der Waals surface area (Å²) in [7, 11) is 0. The average molecular weight is 451 g/mol. The average Bonchev–Trinajstić information content (AvgIpc) is 2.57. The van der Waals surface area contributed by atoms with E-state index in [0.29, 0.717) is 18.6 Å². The number of esters is 1. The van der Waals surface area contributed by atoms with Crippen LogP contribution in [0, 0.1) is 10.8 Å². The normalized spacial score (nSPS) is 14.6. The van der Waals surface area contributed by atoms with Crippen molar-refractivity contribution in [1.29, 1.82) is 0 Å². The largest absolute Gasteiger partial charge is 0.507 e. The standard InChI is InChI=1S/C27H46O5/c1-17(16-26(8,9)27(10,11)23(30)31)32-21(28)13-12-18-14-19(24(2,3)4)22(29)20(15-18)25(5,6)7/h14-15,17,23,29-31H,12-13,16H2,1-11H3. The summed E-state index contributed by atoms with van der Waals surface area (Å²) in [6.07, 6.45) is -0.503. The molecule has 1 aromatic rings. The maximum absolute atomic E-state index is 12.6. The molecule has 1 aromatic carbocycles.